The lowest BCUT2D eigenvalue weighted by Gasteiger charge is -2.47. The van der Waals surface area contributed by atoms with Gasteiger partial charge in [0.2, 0.25) is 35.7 Å². The van der Waals surface area contributed by atoms with E-state index in [9.17, 15) is 25.9 Å². The number of hydrogen-bond acceptors (Lipinski definition) is 20. The van der Waals surface area contributed by atoms with Gasteiger partial charge in [0.05, 0.1) is 0 Å². The third-order valence-corrected chi connectivity index (χ3v) is 16.5. The molecule has 0 saturated carbocycles. The lowest BCUT2D eigenvalue weighted by molar-refractivity contribution is 0.169. The number of aromatic nitrogens is 6. The summed E-state index contributed by atoms with van der Waals surface area (Å²) < 4.78 is 73.5. The summed E-state index contributed by atoms with van der Waals surface area (Å²) in [7, 11) is -9.85. The summed E-state index contributed by atoms with van der Waals surface area (Å²) in [6, 6.07) is 8.24. The topological polar surface area (TPSA) is 306 Å². The van der Waals surface area contributed by atoms with Crippen molar-refractivity contribution in [3.05, 3.63) is 47.5 Å². The van der Waals surface area contributed by atoms with E-state index in [-0.39, 0.29) is 103 Å². The van der Waals surface area contributed by atoms with Crippen LogP contribution < -0.4 is 53.2 Å². The summed E-state index contributed by atoms with van der Waals surface area (Å²) in [5.41, 5.74) is -1.24. The molecule has 0 bridgehead atoms. The summed E-state index contributed by atoms with van der Waals surface area (Å²) >= 11 is 0. The first-order valence-corrected chi connectivity index (χ1v) is 30.5. The molecule has 0 spiro atoms. The van der Waals surface area contributed by atoms with Crippen molar-refractivity contribution in [3.8, 4) is 11.8 Å². The molecule has 4 aliphatic heterocycles. The predicted molar refractivity (Wildman–Crippen MR) is 316 cm³/mol. The molecule has 4 fully saturated rings. The Kier molecular flexibility index (Phi) is 16.2. The molecule has 80 heavy (non-hydrogen) atoms. The molecule has 22 nitrogen and oxygen atoms in total. The van der Waals surface area contributed by atoms with Crippen molar-refractivity contribution in [2.45, 2.75) is 240 Å². The Balaban J connectivity index is 1.08. The maximum absolute atomic E-state index is 13.1. The monoisotopic (exact) mass is 1140 g/mol. The van der Waals surface area contributed by atoms with E-state index in [0.29, 0.717) is 23.8 Å². The minimum Gasteiger partial charge on any atom is -0.351 e. The second kappa shape index (κ2) is 21.3. The van der Waals surface area contributed by atoms with E-state index >= 15 is 0 Å². The maximum atomic E-state index is 13.1. The second-order valence-electron chi connectivity index (χ2n) is 28.1. The zero-order valence-corrected chi connectivity index (χ0v) is 51.1. The highest BCUT2D eigenvalue weighted by Gasteiger charge is 2.42. The lowest BCUT2D eigenvalue weighted by Crippen LogP contribution is -2.60. The minimum absolute atomic E-state index is 0.0106. The third kappa shape index (κ3) is 16.6. The van der Waals surface area contributed by atoms with Gasteiger partial charge >= 0.3 is 0 Å². The fraction of sp³-hybridized carbons (Fsp3) is 0.643. The molecule has 0 atom stereocenters. The minimum atomic E-state index is -4.93. The Morgan fingerprint density at radius 1 is 0.388 bits per heavy atom. The van der Waals surface area contributed by atoms with Gasteiger partial charge in [0, 0.05) is 91.0 Å². The second-order valence-corrected chi connectivity index (χ2v) is 30.8. The number of benzene rings is 2. The summed E-state index contributed by atoms with van der Waals surface area (Å²) in [4.78, 5) is 27.5. The van der Waals surface area contributed by atoms with E-state index in [1.807, 2.05) is 0 Å². The fourth-order valence-electron chi connectivity index (χ4n) is 13.8. The van der Waals surface area contributed by atoms with Gasteiger partial charge in [0.25, 0.3) is 20.2 Å². The van der Waals surface area contributed by atoms with E-state index in [4.69, 9.17) is 29.9 Å². The predicted octanol–water partition coefficient (Wildman–Crippen LogP) is 8.32. The Morgan fingerprint density at radius 2 is 0.600 bits per heavy atom. The van der Waals surface area contributed by atoms with Crippen LogP contribution >= 0.6 is 0 Å². The first-order chi connectivity index (χ1) is 36.5. The average Bonchev–Trinajstić information content (AvgIpc) is 3.21. The summed E-state index contributed by atoms with van der Waals surface area (Å²) in [5, 5.41) is 35.2. The molecule has 8 rings (SSSR count). The van der Waals surface area contributed by atoms with Crippen molar-refractivity contribution in [3.63, 3.8) is 0 Å². The molecule has 4 saturated heterocycles. The molecule has 0 unspecified atom stereocenters. The fourth-order valence-corrected chi connectivity index (χ4v) is 15.1. The van der Waals surface area contributed by atoms with Crippen molar-refractivity contribution in [2.24, 2.45) is 0 Å². The normalized spacial score (nSPS) is 22.5. The van der Waals surface area contributed by atoms with Crippen LogP contribution in [0.25, 0.3) is 0 Å². The molecule has 0 amide bonds. The van der Waals surface area contributed by atoms with Crippen LogP contribution in [-0.4, -0.2) is 124 Å². The smallest absolute Gasteiger partial charge is 0.295 e. The quantitative estimate of drug-likeness (QED) is 0.0417. The zero-order chi connectivity index (χ0) is 58.9. The summed E-state index contributed by atoms with van der Waals surface area (Å²) in [6.45, 7) is 34.6. The van der Waals surface area contributed by atoms with Gasteiger partial charge in [0.15, 0.2) is 0 Å². The first-order valence-electron chi connectivity index (χ1n) is 27.6. The van der Waals surface area contributed by atoms with E-state index in [1.54, 1.807) is 0 Å². The average molecular weight is 1140 g/mol. The van der Waals surface area contributed by atoms with E-state index in [1.165, 1.54) is 36.4 Å². The summed E-state index contributed by atoms with van der Waals surface area (Å²) in [5.74, 6) is 6.94. The molecule has 438 valence electrons. The molecular weight excluding hydrogens is 1060 g/mol. The van der Waals surface area contributed by atoms with Crippen LogP contribution in [0.15, 0.2) is 46.2 Å². The Labute approximate surface area is 474 Å². The van der Waals surface area contributed by atoms with Crippen LogP contribution in [0.2, 0.25) is 0 Å². The molecule has 0 radical (unpaired) electrons. The first kappa shape index (κ1) is 60.6. The Morgan fingerprint density at radius 3 is 0.812 bits per heavy atom. The van der Waals surface area contributed by atoms with Gasteiger partial charge in [-0.15, -0.1) is 0 Å². The SMILES string of the molecule is CC1(C)CC(Nc2nc(Nc3ccc(C#Cc4ccc(Nc5nc(NC6CC(C)(C)NC(C)(C)C6)nc(NC6CC(C)(C)NC(C)(C)C6)n5)cc4S(=O)(=O)O)c(S(=O)(=O)O)c3)nc(NC3CC(C)(C)NC(C)(C)C3)n2)CC(C)(C)N1. The van der Waals surface area contributed by atoms with Gasteiger partial charge < -0.3 is 53.2 Å². The molecule has 24 heteroatoms. The number of nitrogens with zero attached hydrogens (tertiary/aromatic N) is 6. The van der Waals surface area contributed by atoms with Crippen LogP contribution in [0.1, 0.15) is 173 Å². The number of anilines is 8. The van der Waals surface area contributed by atoms with Crippen LogP contribution in [0, 0.1) is 11.8 Å². The van der Waals surface area contributed by atoms with Crippen molar-refractivity contribution in [1.29, 1.82) is 0 Å². The highest BCUT2D eigenvalue weighted by molar-refractivity contribution is 7.86. The van der Waals surface area contributed by atoms with Crippen LogP contribution in [0.4, 0.5) is 47.1 Å². The molecule has 2 aromatic heterocycles. The van der Waals surface area contributed by atoms with Gasteiger partial charge in [0.1, 0.15) is 9.79 Å². The molecular formula is C56H86N16O6S2. The van der Waals surface area contributed by atoms with Gasteiger partial charge in [-0.05, 0) is 199 Å². The molecule has 0 aliphatic carbocycles. The molecule has 4 aliphatic rings. The number of rotatable bonds is 14. The van der Waals surface area contributed by atoms with Gasteiger partial charge in [-0.3, -0.25) is 9.11 Å². The highest BCUT2D eigenvalue weighted by Crippen LogP contribution is 2.36. The van der Waals surface area contributed by atoms with Crippen LogP contribution in [0.5, 0.6) is 0 Å². The third-order valence-electron chi connectivity index (χ3n) is 14.7. The van der Waals surface area contributed by atoms with Crippen molar-refractivity contribution in [2.75, 3.05) is 31.9 Å². The van der Waals surface area contributed by atoms with Gasteiger partial charge in [-0.25, -0.2) is 0 Å². The van der Waals surface area contributed by atoms with Crippen LogP contribution in [0.3, 0.4) is 0 Å². The maximum Gasteiger partial charge on any atom is 0.295 e. The molecule has 4 aromatic rings. The Hall–Kier alpha value is -5.52. The van der Waals surface area contributed by atoms with Crippen LogP contribution in [-0.2, 0) is 20.2 Å². The van der Waals surface area contributed by atoms with Gasteiger partial charge in [-0.1, -0.05) is 11.8 Å². The van der Waals surface area contributed by atoms with Crippen molar-refractivity contribution < 1.29 is 25.9 Å². The van der Waals surface area contributed by atoms with Gasteiger partial charge in [-0.2, -0.15) is 46.7 Å². The standard InChI is InChI=1S/C56H86N16O6S2/c1-49(2)25-37(26-50(3,4)69-49)59-45-63-43(64-46(67-45)60-38-27-51(5,6)70-52(7,8)28-38)57-35-21-19-33(41(23-35)79(73,74)75)17-18-34-20-22-36(24-42(34)80(76,77)78)58-44-65-47(61-39-29-53(9,10)71-54(11,12)30-39)68-48(66-44)62-40-31-55(13,14)72-56(15,16)32-40/h19-24,37-40,69-72H,25-32H2,1-16H3,(H,73,74,75)(H,76,77,78)(H3,57,59,60,63,64,67)(H3,58,61,62,65,66,68). The molecule has 2 aromatic carbocycles. The largest absolute Gasteiger partial charge is 0.351 e. The number of nitrogens with one attached hydrogen (secondary N) is 10. The zero-order valence-electron chi connectivity index (χ0n) is 49.5. The molecule has 6 heterocycles. The van der Waals surface area contributed by atoms with E-state index in [0.717, 1.165) is 51.4 Å². The number of piperidine rings is 4. The van der Waals surface area contributed by atoms with Crippen molar-refractivity contribution >= 4 is 67.3 Å². The lowest BCUT2D eigenvalue weighted by atomic mass is 9.79. The van der Waals surface area contributed by atoms with E-state index in [2.05, 4.69) is 176 Å². The number of hydrogen-bond donors (Lipinski definition) is 12. The Bertz CT molecular complexity index is 2890. The summed E-state index contributed by atoms with van der Waals surface area (Å²) in [6.07, 6.45) is 6.35. The van der Waals surface area contributed by atoms with Crippen molar-refractivity contribution in [1.82, 2.24) is 51.2 Å². The highest BCUT2D eigenvalue weighted by atomic mass is 32.2. The molecule has 12 N–H and O–H groups in total. The van der Waals surface area contributed by atoms with E-state index < -0.39 is 30.0 Å².